The van der Waals surface area contributed by atoms with Crippen LogP contribution in [0.3, 0.4) is 0 Å². The van der Waals surface area contributed by atoms with E-state index in [4.69, 9.17) is 13.5 Å². The van der Waals surface area contributed by atoms with Gasteiger partial charge < -0.3 is 4.42 Å². The van der Waals surface area contributed by atoms with Gasteiger partial charge >= 0.3 is 0 Å². The lowest BCUT2D eigenvalue weighted by atomic mass is 9.93. The molecule has 3 nitrogen and oxygen atoms in total. The van der Waals surface area contributed by atoms with Gasteiger partial charge in [-0.2, -0.15) is 0 Å². The second-order valence-electron chi connectivity index (χ2n) is 8.33. The van der Waals surface area contributed by atoms with Gasteiger partial charge in [-0.25, -0.2) is 9.55 Å². The molecule has 3 heterocycles. The summed E-state index contributed by atoms with van der Waals surface area (Å²) in [5.41, 5.74) is 6.48. The minimum absolute atomic E-state index is 0.310. The molecule has 0 unspecified atom stereocenters. The van der Waals surface area contributed by atoms with Crippen molar-refractivity contribution in [1.82, 2.24) is 4.98 Å². The molecule has 4 rings (SSSR count). The number of hydrogen-bond acceptors (Lipinski definition) is 2. The molecule has 0 atom stereocenters. The van der Waals surface area contributed by atoms with Crippen LogP contribution in [0, 0.1) is 6.92 Å². The minimum atomic E-state index is -1.55. The van der Waals surface area contributed by atoms with Crippen molar-refractivity contribution >= 4 is 22.1 Å². The first-order valence-corrected chi connectivity index (χ1v) is 10.2. The van der Waals surface area contributed by atoms with E-state index in [0.29, 0.717) is 22.8 Å². The Kier molecular flexibility index (Phi) is 4.06. The quantitative estimate of drug-likeness (QED) is 0.368. The SMILES string of the molecule is [2H]C([2H])(C)c1c[n+](C)c(-c2c(C)ccc3c2oc2nc(C(C)C)ccc23)cc1C([2H])(C)C. The first kappa shape index (κ1) is 16.2. The summed E-state index contributed by atoms with van der Waals surface area (Å²) in [6.45, 7) is 11.4. The van der Waals surface area contributed by atoms with Crippen LogP contribution in [0.4, 0.5) is 0 Å². The zero-order valence-electron chi connectivity index (χ0n) is 21.3. The third-order valence-electron chi connectivity index (χ3n) is 5.67. The zero-order chi connectivity index (χ0) is 23.6. The third kappa shape index (κ3) is 3.23. The summed E-state index contributed by atoms with van der Waals surface area (Å²) in [5.74, 6) is -0.643. The van der Waals surface area contributed by atoms with Crippen LogP contribution in [0.1, 0.15) is 72.9 Å². The van der Waals surface area contributed by atoms with E-state index in [1.807, 2.05) is 30.8 Å². The van der Waals surface area contributed by atoms with Gasteiger partial charge in [-0.1, -0.05) is 46.8 Å². The van der Waals surface area contributed by atoms with Gasteiger partial charge in [0.1, 0.15) is 7.05 Å². The molecule has 0 spiro atoms. The maximum atomic E-state index is 8.68. The second-order valence-corrected chi connectivity index (χ2v) is 8.33. The van der Waals surface area contributed by atoms with Crippen molar-refractivity contribution in [1.29, 1.82) is 0 Å². The Hall–Kier alpha value is -2.68. The molecular weight excluding hydrogens is 356 g/mol. The lowest BCUT2D eigenvalue weighted by Gasteiger charge is -2.13. The monoisotopic (exact) mass is 390 g/mol. The van der Waals surface area contributed by atoms with E-state index in [9.17, 15) is 0 Å². The Morgan fingerprint density at radius 3 is 2.52 bits per heavy atom. The van der Waals surface area contributed by atoms with Gasteiger partial charge in [-0.3, -0.25) is 0 Å². The number of nitrogens with zero attached hydrogens (tertiary/aromatic N) is 2. The molecule has 3 heteroatoms. The zero-order valence-corrected chi connectivity index (χ0v) is 18.3. The van der Waals surface area contributed by atoms with Crippen LogP contribution in [0.25, 0.3) is 33.3 Å². The number of furan rings is 1. The van der Waals surface area contributed by atoms with Gasteiger partial charge in [0.05, 0.1) is 5.56 Å². The van der Waals surface area contributed by atoms with Crippen LogP contribution in [0.5, 0.6) is 0 Å². The summed E-state index contributed by atoms with van der Waals surface area (Å²) in [6, 6.07) is 10.2. The van der Waals surface area contributed by atoms with Crippen LogP contribution in [-0.2, 0) is 13.4 Å². The van der Waals surface area contributed by atoms with Crippen molar-refractivity contribution in [3.05, 3.63) is 58.9 Å². The van der Waals surface area contributed by atoms with Gasteiger partial charge in [0.15, 0.2) is 11.8 Å². The Morgan fingerprint density at radius 1 is 1.14 bits per heavy atom. The molecule has 0 bridgehead atoms. The molecule has 150 valence electrons. The topological polar surface area (TPSA) is 29.9 Å². The fourth-order valence-corrected chi connectivity index (χ4v) is 3.98. The molecule has 0 aliphatic heterocycles. The highest BCUT2D eigenvalue weighted by Gasteiger charge is 2.23. The van der Waals surface area contributed by atoms with Gasteiger partial charge in [0, 0.05) is 32.2 Å². The molecule has 4 aromatic rings. The number of hydrogen-bond donors (Lipinski definition) is 0. The van der Waals surface area contributed by atoms with Crippen LogP contribution >= 0.6 is 0 Å². The molecule has 0 saturated carbocycles. The lowest BCUT2D eigenvalue weighted by molar-refractivity contribution is -0.660. The average Bonchev–Trinajstić information content (AvgIpc) is 3.04. The van der Waals surface area contributed by atoms with Crippen molar-refractivity contribution in [2.24, 2.45) is 7.05 Å². The predicted octanol–water partition coefficient (Wildman–Crippen LogP) is 6.59. The highest BCUT2D eigenvalue weighted by molar-refractivity contribution is 6.08. The van der Waals surface area contributed by atoms with E-state index in [1.165, 1.54) is 0 Å². The van der Waals surface area contributed by atoms with Crippen molar-refractivity contribution in [2.45, 2.75) is 59.7 Å². The van der Waals surface area contributed by atoms with Crippen LogP contribution < -0.4 is 4.57 Å². The number of fused-ring (bicyclic) bond motifs is 3. The standard InChI is InChI=1S/C26H31N2O/c1-8-18-14-28(7)23(13-21(18)15(2)3)24-17(6)9-10-19-20-11-12-22(16(4)5)27-26(20)29-25(19)24/h9-16H,8H2,1-7H3/q+1/i8D2,15D. The normalized spacial score (nSPS) is 14.4. The van der Waals surface area contributed by atoms with E-state index in [2.05, 4.69) is 38.1 Å². The molecule has 0 N–H and O–H groups in total. The van der Waals surface area contributed by atoms with E-state index in [-0.39, 0.29) is 0 Å². The smallest absolute Gasteiger partial charge is 0.227 e. The molecule has 1 aromatic carbocycles. The molecule has 3 aromatic heterocycles. The van der Waals surface area contributed by atoms with Crippen molar-refractivity contribution in [3.8, 4) is 11.3 Å². The highest BCUT2D eigenvalue weighted by atomic mass is 16.3. The molecule has 29 heavy (non-hydrogen) atoms. The first-order valence-electron chi connectivity index (χ1n) is 11.7. The van der Waals surface area contributed by atoms with Crippen molar-refractivity contribution < 1.29 is 13.1 Å². The molecular formula is C26H31N2O+. The van der Waals surface area contributed by atoms with Crippen LogP contribution in [-0.4, -0.2) is 4.98 Å². The Morgan fingerprint density at radius 2 is 1.86 bits per heavy atom. The Balaban J connectivity index is 2.07. The summed E-state index contributed by atoms with van der Waals surface area (Å²) in [6.07, 6.45) is 0.262. The van der Waals surface area contributed by atoms with E-state index in [1.54, 1.807) is 20.8 Å². The number of aromatic nitrogens is 2. The van der Waals surface area contributed by atoms with Gasteiger partial charge in [0.25, 0.3) is 0 Å². The average molecular weight is 391 g/mol. The summed E-state index contributed by atoms with van der Waals surface area (Å²) in [7, 11) is 1.92. The van der Waals surface area contributed by atoms with Crippen molar-refractivity contribution in [3.63, 3.8) is 0 Å². The van der Waals surface area contributed by atoms with E-state index < -0.39 is 12.3 Å². The lowest BCUT2D eigenvalue weighted by Crippen LogP contribution is -2.32. The Bertz CT molecular complexity index is 1340. The van der Waals surface area contributed by atoms with Gasteiger partial charge in [-0.05, 0) is 48.4 Å². The summed E-state index contributed by atoms with van der Waals surface area (Å²) in [5, 5.41) is 1.99. The molecule has 0 fully saturated rings. The fraction of sp³-hybridized carbons (Fsp3) is 0.385. The van der Waals surface area contributed by atoms with Crippen LogP contribution in [0.2, 0.25) is 0 Å². The molecule has 0 amide bonds. The molecule has 0 aliphatic rings. The summed E-state index contributed by atoms with van der Waals surface area (Å²) < 4.78 is 33.6. The summed E-state index contributed by atoms with van der Waals surface area (Å²) >= 11 is 0. The minimum Gasteiger partial charge on any atom is -0.437 e. The molecule has 0 radical (unpaired) electrons. The number of rotatable bonds is 4. The maximum Gasteiger partial charge on any atom is 0.227 e. The molecule has 0 saturated heterocycles. The van der Waals surface area contributed by atoms with E-state index in [0.717, 1.165) is 38.9 Å². The van der Waals surface area contributed by atoms with Crippen molar-refractivity contribution in [2.75, 3.05) is 0 Å². The number of benzene rings is 1. The second kappa shape index (κ2) is 7.29. The maximum absolute atomic E-state index is 8.68. The molecule has 0 aliphatic carbocycles. The first-order chi connectivity index (χ1) is 14.8. The highest BCUT2D eigenvalue weighted by Crippen LogP contribution is 2.37. The fourth-order valence-electron chi connectivity index (χ4n) is 3.98. The summed E-state index contributed by atoms with van der Waals surface area (Å²) in [4.78, 5) is 4.75. The van der Waals surface area contributed by atoms with Gasteiger partial charge in [0.2, 0.25) is 11.4 Å². The number of pyridine rings is 2. The third-order valence-corrected chi connectivity index (χ3v) is 5.67. The van der Waals surface area contributed by atoms with Gasteiger partial charge in [-0.15, -0.1) is 0 Å². The van der Waals surface area contributed by atoms with Crippen LogP contribution in [0.15, 0.2) is 40.9 Å². The largest absolute Gasteiger partial charge is 0.437 e. The predicted molar refractivity (Wildman–Crippen MR) is 120 cm³/mol. The Labute approximate surface area is 177 Å². The number of aryl methyl sites for hydroxylation is 3. The van der Waals surface area contributed by atoms with E-state index >= 15 is 0 Å².